The second-order valence-corrected chi connectivity index (χ2v) is 4.34. The van der Waals surface area contributed by atoms with Crippen LogP contribution in [0, 0.1) is 0 Å². The Kier molecular flexibility index (Phi) is 3.34. The number of halogens is 1. The van der Waals surface area contributed by atoms with Crippen LogP contribution in [-0.4, -0.2) is 19.6 Å². The largest absolute Gasteiger partial charge is 0.495 e. The molecule has 2 rings (SSSR count). The van der Waals surface area contributed by atoms with Crippen LogP contribution in [0.15, 0.2) is 18.2 Å². The minimum atomic E-state index is 0.135. The fourth-order valence-electron chi connectivity index (χ4n) is 1.95. The normalized spacial score (nSPS) is 20.4. The van der Waals surface area contributed by atoms with Gasteiger partial charge in [-0.3, -0.25) is 4.79 Å². The molecular weight excluding hydrogens is 226 g/mol. The summed E-state index contributed by atoms with van der Waals surface area (Å²) in [6, 6.07) is 5.80. The predicted octanol–water partition coefficient (Wildman–Crippen LogP) is 2.34. The topological polar surface area (TPSA) is 38.3 Å². The van der Waals surface area contributed by atoms with E-state index in [2.05, 4.69) is 5.32 Å². The van der Waals surface area contributed by atoms with E-state index in [-0.39, 0.29) is 5.91 Å². The average molecular weight is 240 g/mol. The molecule has 86 valence electrons. The van der Waals surface area contributed by atoms with Crippen LogP contribution in [0.25, 0.3) is 0 Å². The van der Waals surface area contributed by atoms with Crippen LogP contribution in [0.3, 0.4) is 0 Å². The van der Waals surface area contributed by atoms with Crippen molar-refractivity contribution in [3.05, 3.63) is 28.8 Å². The lowest BCUT2D eigenvalue weighted by Crippen LogP contribution is -2.33. The van der Waals surface area contributed by atoms with Gasteiger partial charge in [0.1, 0.15) is 5.75 Å². The van der Waals surface area contributed by atoms with E-state index >= 15 is 0 Å². The Bertz CT molecular complexity index is 396. The molecule has 1 saturated heterocycles. The third-order valence-electron chi connectivity index (χ3n) is 2.91. The molecule has 1 aliphatic heterocycles. The molecule has 0 saturated carbocycles. The van der Waals surface area contributed by atoms with Gasteiger partial charge >= 0.3 is 0 Å². The Morgan fingerprint density at radius 2 is 2.31 bits per heavy atom. The molecule has 0 radical (unpaired) electrons. The third-order valence-corrected chi connectivity index (χ3v) is 3.21. The van der Waals surface area contributed by atoms with Crippen LogP contribution in [0.2, 0.25) is 5.02 Å². The number of piperidine rings is 1. The van der Waals surface area contributed by atoms with Crippen molar-refractivity contribution < 1.29 is 9.53 Å². The highest BCUT2D eigenvalue weighted by atomic mass is 35.5. The van der Waals surface area contributed by atoms with Gasteiger partial charge in [-0.05, 0) is 24.1 Å². The van der Waals surface area contributed by atoms with Crippen LogP contribution in [-0.2, 0) is 4.79 Å². The average Bonchev–Trinajstić information content (AvgIpc) is 2.30. The summed E-state index contributed by atoms with van der Waals surface area (Å²) in [5.74, 6) is 1.18. The van der Waals surface area contributed by atoms with E-state index in [1.165, 1.54) is 0 Å². The van der Waals surface area contributed by atoms with Crippen LogP contribution in [0.4, 0.5) is 0 Å². The standard InChI is InChI=1S/C12H14ClNO2/c1-16-11-4-2-8(6-10(11)13)9-3-5-12(15)14-7-9/h2,4,6,9H,3,5,7H2,1H3,(H,14,15). The Balaban J connectivity index is 2.15. The molecule has 3 nitrogen and oxygen atoms in total. The zero-order chi connectivity index (χ0) is 11.5. The minimum absolute atomic E-state index is 0.135. The van der Waals surface area contributed by atoms with Crippen molar-refractivity contribution in [2.75, 3.05) is 13.7 Å². The van der Waals surface area contributed by atoms with E-state index in [1.54, 1.807) is 7.11 Å². The maximum absolute atomic E-state index is 11.1. The van der Waals surface area contributed by atoms with Crippen molar-refractivity contribution in [3.8, 4) is 5.75 Å². The van der Waals surface area contributed by atoms with E-state index in [0.717, 1.165) is 12.0 Å². The smallest absolute Gasteiger partial charge is 0.220 e. The summed E-state index contributed by atoms with van der Waals surface area (Å²) in [5.41, 5.74) is 1.16. The molecule has 1 atom stereocenters. The molecule has 4 heteroatoms. The molecule has 0 aliphatic carbocycles. The molecule has 16 heavy (non-hydrogen) atoms. The van der Waals surface area contributed by atoms with E-state index in [9.17, 15) is 4.79 Å². The number of carbonyl (C=O) groups is 1. The fraction of sp³-hybridized carbons (Fsp3) is 0.417. The van der Waals surface area contributed by atoms with Crippen LogP contribution in [0.5, 0.6) is 5.75 Å². The molecular formula is C12H14ClNO2. The van der Waals surface area contributed by atoms with Crippen molar-refractivity contribution in [1.82, 2.24) is 5.32 Å². The molecule has 1 N–H and O–H groups in total. The maximum atomic E-state index is 11.1. The van der Waals surface area contributed by atoms with Crippen LogP contribution in [0.1, 0.15) is 24.3 Å². The fourth-order valence-corrected chi connectivity index (χ4v) is 2.22. The number of nitrogens with one attached hydrogen (secondary N) is 1. The van der Waals surface area contributed by atoms with Gasteiger partial charge in [-0.1, -0.05) is 17.7 Å². The van der Waals surface area contributed by atoms with E-state index < -0.39 is 0 Å². The van der Waals surface area contributed by atoms with Crippen LogP contribution >= 0.6 is 11.6 Å². The van der Waals surface area contributed by atoms with Crippen molar-refractivity contribution in [2.24, 2.45) is 0 Å². The summed E-state index contributed by atoms with van der Waals surface area (Å²) in [6.45, 7) is 0.696. The summed E-state index contributed by atoms with van der Waals surface area (Å²) < 4.78 is 5.10. The molecule has 1 aliphatic rings. The monoisotopic (exact) mass is 239 g/mol. The molecule has 0 spiro atoms. The number of carbonyl (C=O) groups excluding carboxylic acids is 1. The van der Waals surface area contributed by atoms with Gasteiger partial charge in [0.2, 0.25) is 5.91 Å². The van der Waals surface area contributed by atoms with Gasteiger partial charge in [-0.25, -0.2) is 0 Å². The Hall–Kier alpha value is -1.22. The highest BCUT2D eigenvalue weighted by Gasteiger charge is 2.20. The van der Waals surface area contributed by atoms with Crippen molar-refractivity contribution >= 4 is 17.5 Å². The Labute approximate surface area is 99.7 Å². The molecule has 1 aromatic rings. The number of hydrogen-bond acceptors (Lipinski definition) is 2. The van der Waals surface area contributed by atoms with Crippen LogP contribution < -0.4 is 10.1 Å². The second-order valence-electron chi connectivity index (χ2n) is 3.93. The minimum Gasteiger partial charge on any atom is -0.495 e. The predicted molar refractivity (Wildman–Crippen MR) is 63.0 cm³/mol. The molecule has 1 fully saturated rings. The molecule has 0 aromatic heterocycles. The summed E-state index contributed by atoms with van der Waals surface area (Å²) in [5, 5.41) is 3.49. The highest BCUT2D eigenvalue weighted by Crippen LogP contribution is 2.30. The third kappa shape index (κ3) is 2.30. The molecule has 1 aromatic carbocycles. The summed E-state index contributed by atoms with van der Waals surface area (Å²) in [4.78, 5) is 11.1. The first-order valence-electron chi connectivity index (χ1n) is 5.31. The van der Waals surface area contributed by atoms with Crippen molar-refractivity contribution in [3.63, 3.8) is 0 Å². The number of hydrogen-bond donors (Lipinski definition) is 1. The Morgan fingerprint density at radius 3 is 2.88 bits per heavy atom. The number of amides is 1. The van der Waals surface area contributed by atoms with Crippen molar-refractivity contribution in [2.45, 2.75) is 18.8 Å². The molecule has 1 unspecified atom stereocenters. The van der Waals surface area contributed by atoms with Gasteiger partial charge in [-0.2, -0.15) is 0 Å². The van der Waals surface area contributed by atoms with Gasteiger partial charge in [0.15, 0.2) is 0 Å². The molecule has 1 amide bonds. The van der Waals surface area contributed by atoms with E-state index in [0.29, 0.717) is 29.7 Å². The lowest BCUT2D eigenvalue weighted by molar-refractivity contribution is -0.122. The highest BCUT2D eigenvalue weighted by molar-refractivity contribution is 6.32. The number of ether oxygens (including phenoxy) is 1. The zero-order valence-electron chi connectivity index (χ0n) is 9.13. The number of methoxy groups -OCH3 is 1. The number of benzene rings is 1. The van der Waals surface area contributed by atoms with E-state index in [1.807, 2.05) is 18.2 Å². The van der Waals surface area contributed by atoms with Gasteiger partial charge in [0.05, 0.1) is 12.1 Å². The van der Waals surface area contributed by atoms with Gasteiger partial charge in [0.25, 0.3) is 0 Å². The zero-order valence-corrected chi connectivity index (χ0v) is 9.88. The quantitative estimate of drug-likeness (QED) is 0.860. The lowest BCUT2D eigenvalue weighted by atomic mass is 9.91. The first-order valence-corrected chi connectivity index (χ1v) is 5.68. The maximum Gasteiger partial charge on any atom is 0.220 e. The number of rotatable bonds is 2. The Morgan fingerprint density at radius 1 is 1.50 bits per heavy atom. The van der Waals surface area contributed by atoms with Gasteiger partial charge in [0, 0.05) is 18.9 Å². The summed E-state index contributed by atoms with van der Waals surface area (Å²) >= 11 is 6.07. The van der Waals surface area contributed by atoms with Crippen molar-refractivity contribution in [1.29, 1.82) is 0 Å². The van der Waals surface area contributed by atoms with Gasteiger partial charge in [-0.15, -0.1) is 0 Å². The molecule has 1 heterocycles. The first-order chi connectivity index (χ1) is 7.70. The first kappa shape index (κ1) is 11.3. The van der Waals surface area contributed by atoms with Gasteiger partial charge < -0.3 is 10.1 Å². The summed E-state index contributed by atoms with van der Waals surface area (Å²) in [7, 11) is 1.60. The lowest BCUT2D eigenvalue weighted by Gasteiger charge is -2.23. The molecule has 0 bridgehead atoms. The SMILES string of the molecule is COc1ccc(C2CCC(=O)NC2)cc1Cl. The second kappa shape index (κ2) is 4.74. The summed E-state index contributed by atoms with van der Waals surface area (Å²) in [6.07, 6.45) is 1.48. The van der Waals surface area contributed by atoms with E-state index in [4.69, 9.17) is 16.3 Å².